The molecule has 2 bridgehead atoms. The highest BCUT2D eigenvalue weighted by Crippen LogP contribution is 2.55. The lowest BCUT2D eigenvalue weighted by molar-refractivity contribution is -0.132. The highest BCUT2D eigenvalue weighted by atomic mass is 32.1. The van der Waals surface area contributed by atoms with Crippen molar-refractivity contribution in [3.8, 4) is 0 Å². The summed E-state index contributed by atoms with van der Waals surface area (Å²) in [5.41, 5.74) is -1.06. The molecule has 2 N–H and O–H groups in total. The maximum atomic E-state index is 13.9. The van der Waals surface area contributed by atoms with Crippen molar-refractivity contribution in [2.75, 3.05) is 4.90 Å². The number of carbonyl (C=O) groups excluding carboxylic acids is 3. The molecule has 1 aromatic carbocycles. The van der Waals surface area contributed by atoms with Gasteiger partial charge in [-0.15, -0.1) is 11.3 Å². The van der Waals surface area contributed by atoms with Gasteiger partial charge in [0, 0.05) is 16.1 Å². The second-order valence-corrected chi connectivity index (χ2v) is 10.8. The van der Waals surface area contributed by atoms with Gasteiger partial charge in [-0.25, -0.2) is 0 Å². The van der Waals surface area contributed by atoms with Crippen molar-refractivity contribution in [1.82, 2.24) is 10.6 Å². The molecule has 33 heavy (non-hydrogen) atoms. The standard InChI is InChI=1S/C25H27N3O4S/c1-24(2,3)27-22(30)20-25-12-11-17(32-25)18(21(29)26-14-16-10-7-13-33-16)19(25)23(31)28(20)15-8-5-4-6-9-15/h4-13,17-20H,14H2,1-3H3,(H,26,29)(H,27,30)/t17-,18+,19-,20-,25+/m1/s1. The lowest BCUT2D eigenvalue weighted by Gasteiger charge is -2.34. The van der Waals surface area contributed by atoms with Crippen molar-refractivity contribution in [1.29, 1.82) is 0 Å². The van der Waals surface area contributed by atoms with Gasteiger partial charge in [-0.2, -0.15) is 0 Å². The summed E-state index contributed by atoms with van der Waals surface area (Å²) in [5.74, 6) is -2.26. The van der Waals surface area contributed by atoms with Crippen LogP contribution in [0.15, 0.2) is 60.0 Å². The molecule has 172 valence electrons. The second-order valence-electron chi connectivity index (χ2n) is 9.78. The Hall–Kier alpha value is -2.97. The third-order valence-corrected chi connectivity index (χ3v) is 7.25. The molecule has 1 spiro atoms. The van der Waals surface area contributed by atoms with E-state index in [9.17, 15) is 14.4 Å². The lowest BCUT2D eigenvalue weighted by atomic mass is 9.74. The summed E-state index contributed by atoms with van der Waals surface area (Å²) in [6.45, 7) is 6.08. The van der Waals surface area contributed by atoms with Crippen LogP contribution in [-0.4, -0.2) is 41.0 Å². The molecule has 1 aromatic heterocycles. The summed E-state index contributed by atoms with van der Waals surface area (Å²) >= 11 is 1.56. The quantitative estimate of drug-likeness (QED) is 0.665. The average molecular weight is 466 g/mol. The van der Waals surface area contributed by atoms with Crippen molar-refractivity contribution in [2.24, 2.45) is 11.8 Å². The van der Waals surface area contributed by atoms with Gasteiger partial charge in [-0.1, -0.05) is 36.4 Å². The molecule has 8 heteroatoms. The number of hydrogen-bond acceptors (Lipinski definition) is 5. The van der Waals surface area contributed by atoms with Gasteiger partial charge in [-0.05, 0) is 44.4 Å². The molecule has 2 fully saturated rings. The third-order valence-electron chi connectivity index (χ3n) is 6.38. The van der Waals surface area contributed by atoms with Crippen molar-refractivity contribution in [2.45, 2.75) is 50.6 Å². The topological polar surface area (TPSA) is 87.7 Å². The number of thiophene rings is 1. The van der Waals surface area contributed by atoms with Gasteiger partial charge in [0.1, 0.15) is 11.6 Å². The summed E-state index contributed by atoms with van der Waals surface area (Å²) in [6, 6.07) is 12.1. The molecule has 5 atom stereocenters. The van der Waals surface area contributed by atoms with Crippen LogP contribution in [0.2, 0.25) is 0 Å². The minimum atomic E-state index is -1.18. The van der Waals surface area contributed by atoms with E-state index in [4.69, 9.17) is 4.74 Å². The van der Waals surface area contributed by atoms with E-state index in [0.717, 1.165) is 4.88 Å². The Kier molecular flexibility index (Phi) is 5.17. The summed E-state index contributed by atoms with van der Waals surface area (Å²) in [4.78, 5) is 43.2. The second kappa shape index (κ2) is 7.81. The molecule has 2 saturated heterocycles. The maximum absolute atomic E-state index is 13.9. The van der Waals surface area contributed by atoms with Gasteiger partial charge in [0.05, 0.1) is 24.5 Å². The van der Waals surface area contributed by atoms with Crippen LogP contribution in [0.1, 0.15) is 25.6 Å². The first-order chi connectivity index (χ1) is 15.7. The number of carbonyl (C=O) groups is 3. The number of para-hydroxylation sites is 1. The fraction of sp³-hybridized carbons (Fsp3) is 0.400. The van der Waals surface area contributed by atoms with Crippen molar-refractivity contribution < 1.29 is 19.1 Å². The summed E-state index contributed by atoms with van der Waals surface area (Å²) in [5, 5.41) is 7.93. The van der Waals surface area contributed by atoms with Gasteiger partial charge in [0.15, 0.2) is 0 Å². The Morgan fingerprint density at radius 3 is 2.55 bits per heavy atom. The normalized spacial score (nSPS) is 29.9. The van der Waals surface area contributed by atoms with Gasteiger partial charge in [-0.3, -0.25) is 19.3 Å². The minimum Gasteiger partial charge on any atom is -0.359 e. The zero-order valence-electron chi connectivity index (χ0n) is 18.8. The predicted molar refractivity (Wildman–Crippen MR) is 126 cm³/mol. The molecule has 2 aromatic rings. The Morgan fingerprint density at radius 2 is 1.88 bits per heavy atom. The number of fused-ring (bicyclic) bond motifs is 1. The number of ether oxygens (including phenoxy) is 1. The Bertz CT molecular complexity index is 1110. The van der Waals surface area contributed by atoms with Gasteiger partial charge < -0.3 is 15.4 Å². The number of anilines is 1. The molecule has 0 aliphatic carbocycles. The van der Waals surface area contributed by atoms with Crippen LogP contribution in [0, 0.1) is 11.8 Å². The molecule has 3 aliphatic heterocycles. The number of hydrogen-bond donors (Lipinski definition) is 2. The van der Waals surface area contributed by atoms with E-state index in [0.29, 0.717) is 12.2 Å². The van der Waals surface area contributed by atoms with Crippen molar-refractivity contribution >= 4 is 34.7 Å². The van der Waals surface area contributed by atoms with Gasteiger partial charge >= 0.3 is 0 Å². The van der Waals surface area contributed by atoms with E-state index in [-0.39, 0.29) is 17.7 Å². The maximum Gasteiger partial charge on any atom is 0.246 e. The molecule has 4 heterocycles. The summed E-state index contributed by atoms with van der Waals surface area (Å²) in [7, 11) is 0. The number of benzene rings is 1. The molecule has 5 rings (SSSR count). The first-order valence-electron chi connectivity index (χ1n) is 11.1. The highest BCUT2D eigenvalue weighted by Gasteiger charge is 2.73. The molecule has 3 aliphatic rings. The number of nitrogens with one attached hydrogen (secondary N) is 2. The number of rotatable bonds is 5. The van der Waals surface area contributed by atoms with Gasteiger partial charge in [0.2, 0.25) is 17.7 Å². The molecule has 3 amide bonds. The lowest BCUT2D eigenvalue weighted by Crippen LogP contribution is -2.58. The number of nitrogens with zero attached hydrogens (tertiary/aromatic N) is 1. The van der Waals surface area contributed by atoms with Crippen LogP contribution in [0.5, 0.6) is 0 Å². The fourth-order valence-electron chi connectivity index (χ4n) is 5.18. The first kappa shape index (κ1) is 21.9. The van der Waals surface area contributed by atoms with Gasteiger partial charge in [0.25, 0.3) is 0 Å². The van der Waals surface area contributed by atoms with Crippen LogP contribution in [0.4, 0.5) is 5.69 Å². The van der Waals surface area contributed by atoms with Crippen molar-refractivity contribution in [3.63, 3.8) is 0 Å². The summed E-state index contributed by atoms with van der Waals surface area (Å²) < 4.78 is 6.33. The summed E-state index contributed by atoms with van der Waals surface area (Å²) in [6.07, 6.45) is 3.11. The Morgan fingerprint density at radius 1 is 1.12 bits per heavy atom. The monoisotopic (exact) mass is 465 g/mol. The molecular weight excluding hydrogens is 438 g/mol. The largest absolute Gasteiger partial charge is 0.359 e. The minimum absolute atomic E-state index is 0.233. The van der Waals surface area contributed by atoms with E-state index in [1.165, 1.54) is 4.90 Å². The van der Waals surface area contributed by atoms with E-state index in [1.54, 1.807) is 23.5 Å². The molecule has 7 nitrogen and oxygen atoms in total. The van der Waals surface area contributed by atoms with E-state index in [2.05, 4.69) is 10.6 Å². The van der Waals surface area contributed by atoms with E-state index >= 15 is 0 Å². The van der Waals surface area contributed by atoms with Crippen LogP contribution in [-0.2, 0) is 25.7 Å². The van der Waals surface area contributed by atoms with E-state index in [1.807, 2.05) is 68.6 Å². The third kappa shape index (κ3) is 3.57. The molecular formula is C25H27N3O4S. The van der Waals surface area contributed by atoms with Crippen LogP contribution < -0.4 is 15.5 Å². The molecule has 0 unspecified atom stereocenters. The van der Waals surface area contributed by atoms with Crippen LogP contribution in [0.25, 0.3) is 0 Å². The zero-order chi connectivity index (χ0) is 23.4. The Balaban J connectivity index is 1.51. The van der Waals surface area contributed by atoms with Crippen molar-refractivity contribution in [3.05, 3.63) is 64.9 Å². The van der Waals surface area contributed by atoms with Crippen LogP contribution >= 0.6 is 11.3 Å². The van der Waals surface area contributed by atoms with E-state index < -0.39 is 35.1 Å². The molecule has 0 radical (unpaired) electrons. The van der Waals surface area contributed by atoms with Crippen LogP contribution in [0.3, 0.4) is 0 Å². The SMILES string of the molecule is CC(C)(C)NC(=O)[C@H]1N(c2ccccc2)C(=O)[C@H]2[C@@H](C(=O)NCc3cccs3)[C@H]3C=C[C@]21O3. The first-order valence-corrected chi connectivity index (χ1v) is 12.0. The smallest absolute Gasteiger partial charge is 0.246 e. The average Bonchev–Trinajstić information content (AvgIpc) is 3.53. The Labute approximate surface area is 196 Å². The zero-order valence-corrected chi connectivity index (χ0v) is 19.6. The highest BCUT2D eigenvalue weighted by molar-refractivity contribution is 7.09. The fourth-order valence-corrected chi connectivity index (χ4v) is 5.83. The molecule has 0 saturated carbocycles. The number of amides is 3. The predicted octanol–water partition coefficient (Wildman–Crippen LogP) is 2.63.